The van der Waals surface area contributed by atoms with E-state index in [4.69, 9.17) is 0 Å². The number of benzene rings is 1. The highest BCUT2D eigenvalue weighted by molar-refractivity contribution is 9.10. The largest absolute Gasteiger partial charge is 0.328 e. The third-order valence-corrected chi connectivity index (χ3v) is 3.53. The van der Waals surface area contributed by atoms with Gasteiger partial charge < -0.3 is 0 Å². The van der Waals surface area contributed by atoms with Crippen LogP contribution in [0.15, 0.2) is 44.5 Å². The SMILES string of the molecule is CC(C)c1ccc(Cn2cc(Br)c(=O)[nH]c2=O)cc1. The smallest absolute Gasteiger partial charge is 0.295 e. The van der Waals surface area contributed by atoms with E-state index in [1.54, 1.807) is 0 Å². The van der Waals surface area contributed by atoms with Gasteiger partial charge in [0.1, 0.15) is 0 Å². The van der Waals surface area contributed by atoms with Crippen molar-refractivity contribution >= 4 is 15.9 Å². The molecule has 2 aromatic rings. The van der Waals surface area contributed by atoms with Crippen LogP contribution >= 0.6 is 15.9 Å². The number of halogens is 1. The Hall–Kier alpha value is -1.62. The van der Waals surface area contributed by atoms with Crippen LogP contribution in [0.2, 0.25) is 0 Å². The van der Waals surface area contributed by atoms with Gasteiger partial charge in [-0.3, -0.25) is 14.3 Å². The van der Waals surface area contributed by atoms with Gasteiger partial charge in [-0.15, -0.1) is 0 Å². The summed E-state index contributed by atoms with van der Waals surface area (Å²) in [4.78, 5) is 25.2. The van der Waals surface area contributed by atoms with Crippen LogP contribution < -0.4 is 11.2 Å². The Morgan fingerprint density at radius 3 is 2.42 bits per heavy atom. The van der Waals surface area contributed by atoms with Gasteiger partial charge >= 0.3 is 5.69 Å². The van der Waals surface area contributed by atoms with Crippen LogP contribution in [0, 0.1) is 0 Å². The minimum Gasteiger partial charge on any atom is -0.295 e. The molecule has 1 aromatic carbocycles. The molecule has 1 aromatic heterocycles. The first-order valence-corrected chi connectivity index (χ1v) is 6.85. The van der Waals surface area contributed by atoms with Crippen LogP contribution in [0.1, 0.15) is 30.9 Å². The monoisotopic (exact) mass is 322 g/mol. The molecule has 1 N–H and O–H groups in total. The molecule has 2 rings (SSSR count). The Balaban J connectivity index is 2.29. The highest BCUT2D eigenvalue weighted by Crippen LogP contribution is 2.15. The van der Waals surface area contributed by atoms with Gasteiger partial charge in [-0.2, -0.15) is 0 Å². The molecule has 4 nitrogen and oxygen atoms in total. The van der Waals surface area contributed by atoms with Crippen molar-refractivity contribution in [1.82, 2.24) is 9.55 Å². The van der Waals surface area contributed by atoms with Gasteiger partial charge in [0.15, 0.2) is 0 Å². The van der Waals surface area contributed by atoms with E-state index in [-0.39, 0.29) is 0 Å². The van der Waals surface area contributed by atoms with Crippen molar-refractivity contribution in [2.45, 2.75) is 26.3 Å². The zero-order valence-corrected chi connectivity index (χ0v) is 12.4. The summed E-state index contributed by atoms with van der Waals surface area (Å²) < 4.78 is 1.82. The summed E-state index contributed by atoms with van der Waals surface area (Å²) in [5, 5.41) is 0. The summed E-state index contributed by atoms with van der Waals surface area (Å²) >= 11 is 3.12. The Labute approximate surface area is 119 Å². The first-order valence-electron chi connectivity index (χ1n) is 6.05. The zero-order chi connectivity index (χ0) is 14.0. The van der Waals surface area contributed by atoms with E-state index in [9.17, 15) is 9.59 Å². The van der Waals surface area contributed by atoms with Crippen molar-refractivity contribution in [3.63, 3.8) is 0 Å². The van der Waals surface area contributed by atoms with E-state index >= 15 is 0 Å². The number of aromatic nitrogens is 2. The molecule has 0 spiro atoms. The molecule has 0 fully saturated rings. The van der Waals surface area contributed by atoms with E-state index in [1.165, 1.54) is 16.3 Å². The van der Waals surface area contributed by atoms with Crippen molar-refractivity contribution in [1.29, 1.82) is 0 Å². The lowest BCUT2D eigenvalue weighted by Gasteiger charge is -2.08. The van der Waals surface area contributed by atoms with E-state index in [0.717, 1.165) is 5.56 Å². The molecule has 0 unspecified atom stereocenters. The molecular formula is C14H15BrN2O2. The number of nitrogens with zero attached hydrogens (tertiary/aromatic N) is 1. The normalized spacial score (nSPS) is 10.9. The highest BCUT2D eigenvalue weighted by Gasteiger charge is 2.04. The topological polar surface area (TPSA) is 54.9 Å². The van der Waals surface area contributed by atoms with Gasteiger partial charge in [0.2, 0.25) is 0 Å². The number of nitrogens with one attached hydrogen (secondary N) is 1. The lowest BCUT2D eigenvalue weighted by atomic mass is 10.0. The molecule has 19 heavy (non-hydrogen) atoms. The minimum atomic E-state index is -0.406. The first kappa shape index (κ1) is 13.8. The van der Waals surface area contributed by atoms with Crippen molar-refractivity contribution < 1.29 is 0 Å². The number of aromatic amines is 1. The van der Waals surface area contributed by atoms with Crippen LogP contribution in [-0.4, -0.2) is 9.55 Å². The van der Waals surface area contributed by atoms with Crippen LogP contribution in [0.25, 0.3) is 0 Å². The molecule has 0 saturated carbocycles. The van der Waals surface area contributed by atoms with Crippen LogP contribution in [0.3, 0.4) is 0 Å². The molecule has 0 aliphatic rings. The fourth-order valence-electron chi connectivity index (χ4n) is 1.80. The summed E-state index contributed by atoms with van der Waals surface area (Å²) in [6.07, 6.45) is 1.51. The fraction of sp³-hybridized carbons (Fsp3) is 0.286. The lowest BCUT2D eigenvalue weighted by molar-refractivity contribution is 0.715. The van der Waals surface area contributed by atoms with E-state index in [1.807, 2.05) is 12.1 Å². The van der Waals surface area contributed by atoms with Crippen molar-refractivity contribution in [3.05, 3.63) is 66.9 Å². The predicted molar refractivity (Wildman–Crippen MR) is 78.7 cm³/mol. The molecule has 0 amide bonds. The number of H-pyrrole nitrogens is 1. The maximum Gasteiger partial charge on any atom is 0.328 e. The molecule has 0 saturated heterocycles. The molecule has 5 heteroatoms. The molecule has 0 bridgehead atoms. The number of hydrogen-bond donors (Lipinski definition) is 1. The fourth-order valence-corrected chi connectivity index (χ4v) is 2.15. The average Bonchev–Trinajstić information content (AvgIpc) is 2.36. The third-order valence-electron chi connectivity index (χ3n) is 2.97. The van der Waals surface area contributed by atoms with Gasteiger partial charge in [-0.25, -0.2) is 4.79 Å². The minimum absolute atomic E-state index is 0.353. The van der Waals surface area contributed by atoms with Crippen molar-refractivity contribution in [3.8, 4) is 0 Å². The molecular weight excluding hydrogens is 308 g/mol. The highest BCUT2D eigenvalue weighted by atomic mass is 79.9. The van der Waals surface area contributed by atoms with Gasteiger partial charge in [0, 0.05) is 6.20 Å². The zero-order valence-electron chi connectivity index (χ0n) is 10.8. The number of rotatable bonds is 3. The summed E-state index contributed by atoms with van der Waals surface area (Å²) in [7, 11) is 0. The first-order chi connectivity index (χ1) is 8.97. The van der Waals surface area contributed by atoms with Gasteiger partial charge in [-0.1, -0.05) is 38.1 Å². The molecule has 100 valence electrons. The lowest BCUT2D eigenvalue weighted by Crippen LogP contribution is -2.30. The second kappa shape index (κ2) is 5.57. The van der Waals surface area contributed by atoms with Crippen molar-refractivity contribution in [2.24, 2.45) is 0 Å². The Kier molecular flexibility index (Phi) is 4.04. The second-order valence-electron chi connectivity index (χ2n) is 4.76. The maximum absolute atomic E-state index is 11.7. The third kappa shape index (κ3) is 3.23. The van der Waals surface area contributed by atoms with E-state index in [2.05, 4.69) is 46.9 Å². The van der Waals surface area contributed by atoms with Gasteiger partial charge in [0.25, 0.3) is 5.56 Å². The molecule has 1 heterocycles. The summed E-state index contributed by atoms with van der Waals surface area (Å²) in [5.41, 5.74) is 1.47. The Morgan fingerprint density at radius 2 is 1.84 bits per heavy atom. The average molecular weight is 323 g/mol. The molecule has 0 atom stereocenters. The quantitative estimate of drug-likeness (QED) is 0.943. The van der Waals surface area contributed by atoms with Crippen LogP contribution in [-0.2, 0) is 6.54 Å². The van der Waals surface area contributed by atoms with Crippen LogP contribution in [0.5, 0.6) is 0 Å². The molecule has 0 radical (unpaired) electrons. The Bertz CT molecular complexity index is 684. The Morgan fingerprint density at radius 1 is 1.21 bits per heavy atom. The van der Waals surface area contributed by atoms with Gasteiger partial charge in [0.05, 0.1) is 11.0 Å². The maximum atomic E-state index is 11.7. The van der Waals surface area contributed by atoms with Gasteiger partial charge in [-0.05, 0) is 33.0 Å². The van der Waals surface area contributed by atoms with E-state index in [0.29, 0.717) is 16.9 Å². The summed E-state index contributed by atoms with van der Waals surface area (Å²) in [6.45, 7) is 4.71. The summed E-state index contributed by atoms with van der Waals surface area (Å²) in [5.74, 6) is 0.485. The standard InChI is InChI=1S/C14H15BrN2O2/c1-9(2)11-5-3-10(4-6-11)7-17-8-12(15)13(18)16-14(17)19/h3-6,8-9H,7H2,1-2H3,(H,16,18,19). The van der Waals surface area contributed by atoms with E-state index < -0.39 is 11.2 Å². The molecule has 0 aliphatic carbocycles. The second-order valence-corrected chi connectivity index (χ2v) is 5.61. The number of hydrogen-bond acceptors (Lipinski definition) is 2. The van der Waals surface area contributed by atoms with Crippen LogP contribution in [0.4, 0.5) is 0 Å². The van der Waals surface area contributed by atoms with Crippen molar-refractivity contribution in [2.75, 3.05) is 0 Å². The predicted octanol–water partition coefficient (Wildman–Crippen LogP) is 2.47. The molecule has 0 aliphatic heterocycles. The summed E-state index contributed by atoms with van der Waals surface area (Å²) in [6, 6.07) is 8.12.